The fraction of sp³-hybridized carbons (Fsp3) is 0.933. The summed E-state index contributed by atoms with van der Waals surface area (Å²) < 4.78 is 0. The highest BCUT2D eigenvalue weighted by Gasteiger charge is 2.29. The molecule has 0 amide bonds. The second-order valence-corrected chi connectivity index (χ2v) is 6.11. The van der Waals surface area contributed by atoms with Gasteiger partial charge in [0.1, 0.15) is 5.54 Å². The van der Waals surface area contributed by atoms with Crippen molar-refractivity contribution in [1.29, 1.82) is 5.26 Å². The van der Waals surface area contributed by atoms with E-state index in [1.807, 2.05) is 14.0 Å². The van der Waals surface area contributed by atoms with E-state index in [0.717, 1.165) is 19.5 Å². The number of hydrogen-bond donors (Lipinski definition) is 1. The van der Waals surface area contributed by atoms with Crippen LogP contribution in [0.1, 0.15) is 40.0 Å². The third kappa shape index (κ3) is 4.45. The largest absolute Gasteiger partial charge is 0.303 e. The van der Waals surface area contributed by atoms with Gasteiger partial charge in [-0.25, -0.2) is 0 Å². The van der Waals surface area contributed by atoms with Crippen molar-refractivity contribution in [2.75, 3.05) is 33.7 Å². The number of nitrogens with one attached hydrogen (secondary N) is 1. The van der Waals surface area contributed by atoms with Crippen molar-refractivity contribution in [3.05, 3.63) is 0 Å². The lowest BCUT2D eigenvalue weighted by Gasteiger charge is -2.34. The average Bonchev–Trinajstić information content (AvgIpc) is 2.85. The first-order chi connectivity index (χ1) is 8.95. The number of nitriles is 1. The third-order valence-corrected chi connectivity index (χ3v) is 4.66. The zero-order valence-electron chi connectivity index (χ0n) is 13.2. The molecular formula is C15H30N4. The van der Waals surface area contributed by atoms with Gasteiger partial charge in [-0.15, -0.1) is 0 Å². The highest BCUT2D eigenvalue weighted by atomic mass is 15.2. The number of rotatable bonds is 7. The number of likely N-dealkylation sites (N-methyl/N-ethyl adjacent to an activating group) is 2. The quantitative estimate of drug-likeness (QED) is 0.761. The Bertz CT molecular complexity index is 312. The lowest BCUT2D eigenvalue weighted by atomic mass is 9.94. The van der Waals surface area contributed by atoms with Crippen molar-refractivity contribution in [2.24, 2.45) is 0 Å². The molecule has 4 nitrogen and oxygen atoms in total. The van der Waals surface area contributed by atoms with Gasteiger partial charge in [0.05, 0.1) is 6.07 Å². The Hall–Kier alpha value is -0.630. The maximum absolute atomic E-state index is 9.24. The molecule has 0 radical (unpaired) electrons. The monoisotopic (exact) mass is 266 g/mol. The van der Waals surface area contributed by atoms with E-state index in [4.69, 9.17) is 0 Å². The molecule has 1 N–H and O–H groups in total. The highest BCUT2D eigenvalue weighted by Crippen LogP contribution is 2.20. The molecule has 0 aliphatic carbocycles. The van der Waals surface area contributed by atoms with Crippen LogP contribution in [0.5, 0.6) is 0 Å². The van der Waals surface area contributed by atoms with Crippen LogP contribution in [0.2, 0.25) is 0 Å². The van der Waals surface area contributed by atoms with Crippen LogP contribution in [0.15, 0.2) is 0 Å². The number of nitrogens with zero attached hydrogens (tertiary/aromatic N) is 3. The Morgan fingerprint density at radius 1 is 1.58 bits per heavy atom. The van der Waals surface area contributed by atoms with E-state index in [1.165, 1.54) is 19.4 Å². The van der Waals surface area contributed by atoms with Crippen molar-refractivity contribution in [2.45, 2.75) is 57.7 Å². The second-order valence-electron chi connectivity index (χ2n) is 6.11. The summed E-state index contributed by atoms with van der Waals surface area (Å²) in [6.07, 6.45) is 3.49. The summed E-state index contributed by atoms with van der Waals surface area (Å²) in [7, 11) is 4.05. The summed E-state index contributed by atoms with van der Waals surface area (Å²) in [5, 5.41) is 12.4. The summed E-state index contributed by atoms with van der Waals surface area (Å²) in [6.45, 7) is 9.95. The van der Waals surface area contributed by atoms with Crippen molar-refractivity contribution < 1.29 is 0 Å². The van der Waals surface area contributed by atoms with Gasteiger partial charge in [-0.1, -0.05) is 6.92 Å². The van der Waals surface area contributed by atoms with Crippen molar-refractivity contribution in [1.82, 2.24) is 15.1 Å². The summed E-state index contributed by atoms with van der Waals surface area (Å²) in [5.74, 6) is 0. The predicted octanol–water partition coefficient (Wildman–Crippen LogP) is 1.68. The van der Waals surface area contributed by atoms with Crippen LogP contribution in [0.3, 0.4) is 0 Å². The van der Waals surface area contributed by atoms with Crippen LogP contribution < -0.4 is 5.32 Å². The van der Waals surface area contributed by atoms with Crippen LogP contribution in [0.4, 0.5) is 0 Å². The van der Waals surface area contributed by atoms with Gasteiger partial charge in [-0.05, 0) is 60.3 Å². The normalized spacial score (nSPS) is 25.2. The van der Waals surface area contributed by atoms with E-state index in [9.17, 15) is 5.26 Å². The Balaban J connectivity index is 2.49. The smallest absolute Gasteiger partial charge is 0.105 e. The maximum atomic E-state index is 9.24. The van der Waals surface area contributed by atoms with E-state index in [1.54, 1.807) is 0 Å². The van der Waals surface area contributed by atoms with Crippen LogP contribution in [0, 0.1) is 11.3 Å². The predicted molar refractivity (Wildman–Crippen MR) is 80.1 cm³/mol. The molecule has 3 unspecified atom stereocenters. The van der Waals surface area contributed by atoms with E-state index in [-0.39, 0.29) is 0 Å². The number of likely N-dealkylation sites (tertiary alicyclic amines) is 1. The Morgan fingerprint density at radius 2 is 2.26 bits per heavy atom. The molecule has 1 aliphatic heterocycles. The van der Waals surface area contributed by atoms with E-state index in [2.05, 4.69) is 42.1 Å². The molecule has 1 saturated heterocycles. The minimum absolute atomic E-state index is 0.413. The molecule has 0 spiro atoms. The molecule has 110 valence electrons. The molecule has 1 rings (SSSR count). The Labute approximate surface area is 118 Å². The topological polar surface area (TPSA) is 42.3 Å². The molecule has 1 aliphatic rings. The lowest BCUT2D eigenvalue weighted by molar-refractivity contribution is 0.154. The van der Waals surface area contributed by atoms with E-state index >= 15 is 0 Å². The minimum Gasteiger partial charge on any atom is -0.303 e. The Morgan fingerprint density at radius 3 is 2.79 bits per heavy atom. The lowest BCUT2D eigenvalue weighted by Crippen LogP contribution is -2.47. The van der Waals surface area contributed by atoms with Crippen molar-refractivity contribution >= 4 is 0 Å². The van der Waals surface area contributed by atoms with Gasteiger partial charge >= 0.3 is 0 Å². The molecule has 4 heteroatoms. The first kappa shape index (κ1) is 16.4. The molecule has 1 fully saturated rings. The second kappa shape index (κ2) is 7.23. The Kier molecular flexibility index (Phi) is 6.25. The molecule has 0 aromatic heterocycles. The van der Waals surface area contributed by atoms with Gasteiger partial charge in [-0.2, -0.15) is 5.26 Å². The summed E-state index contributed by atoms with van der Waals surface area (Å²) in [6, 6.07) is 3.49. The maximum Gasteiger partial charge on any atom is 0.105 e. The molecule has 1 heterocycles. The molecule has 0 saturated carbocycles. The van der Waals surface area contributed by atoms with Crippen LogP contribution in [-0.4, -0.2) is 61.2 Å². The summed E-state index contributed by atoms with van der Waals surface area (Å²) >= 11 is 0. The first-order valence-electron chi connectivity index (χ1n) is 7.50. The summed E-state index contributed by atoms with van der Waals surface area (Å²) in [4.78, 5) is 4.98. The zero-order valence-corrected chi connectivity index (χ0v) is 13.2. The minimum atomic E-state index is -0.423. The van der Waals surface area contributed by atoms with E-state index in [0.29, 0.717) is 12.1 Å². The standard InChI is InChI=1S/C15H30N4/c1-6-19-9-7-8-14(19)11-18(5)13(2)10-15(3,12-16)17-4/h13-14,17H,6-11H2,1-5H3. The molecule has 3 atom stereocenters. The summed E-state index contributed by atoms with van der Waals surface area (Å²) in [5.41, 5.74) is -0.423. The zero-order chi connectivity index (χ0) is 14.5. The van der Waals surface area contributed by atoms with Gasteiger partial charge in [0, 0.05) is 18.6 Å². The van der Waals surface area contributed by atoms with Gasteiger partial charge in [0.15, 0.2) is 0 Å². The highest BCUT2D eigenvalue weighted by molar-refractivity contribution is 5.04. The van der Waals surface area contributed by atoms with Crippen LogP contribution in [0.25, 0.3) is 0 Å². The van der Waals surface area contributed by atoms with Crippen LogP contribution >= 0.6 is 0 Å². The fourth-order valence-electron chi connectivity index (χ4n) is 2.98. The first-order valence-corrected chi connectivity index (χ1v) is 7.50. The van der Waals surface area contributed by atoms with Gasteiger partial charge in [-0.3, -0.25) is 4.90 Å². The molecule has 0 aromatic carbocycles. The van der Waals surface area contributed by atoms with Gasteiger partial charge in [0.2, 0.25) is 0 Å². The molecule has 0 bridgehead atoms. The fourth-order valence-corrected chi connectivity index (χ4v) is 2.98. The average molecular weight is 266 g/mol. The van der Waals surface area contributed by atoms with E-state index < -0.39 is 5.54 Å². The molecule has 19 heavy (non-hydrogen) atoms. The molecular weight excluding hydrogens is 236 g/mol. The van der Waals surface area contributed by atoms with Crippen molar-refractivity contribution in [3.63, 3.8) is 0 Å². The van der Waals surface area contributed by atoms with Gasteiger partial charge < -0.3 is 10.2 Å². The third-order valence-electron chi connectivity index (χ3n) is 4.66. The molecule has 0 aromatic rings. The number of hydrogen-bond acceptors (Lipinski definition) is 4. The van der Waals surface area contributed by atoms with Gasteiger partial charge in [0.25, 0.3) is 0 Å². The SMILES string of the molecule is CCN1CCCC1CN(C)C(C)CC(C)(C#N)NC. The van der Waals surface area contributed by atoms with Crippen molar-refractivity contribution in [3.8, 4) is 6.07 Å². The van der Waals surface area contributed by atoms with Crippen LogP contribution in [-0.2, 0) is 0 Å².